The Bertz CT molecular complexity index is 730. The summed E-state index contributed by atoms with van der Waals surface area (Å²) < 4.78 is 2.09. The smallest absolute Gasteiger partial charge is 0.109 e. The zero-order chi connectivity index (χ0) is 14.7. The molecule has 0 fully saturated rings. The summed E-state index contributed by atoms with van der Waals surface area (Å²) in [6, 6.07) is 15.6. The summed E-state index contributed by atoms with van der Waals surface area (Å²) in [5.41, 5.74) is 1.36. The van der Waals surface area contributed by atoms with E-state index >= 15 is 0 Å². The standard InChI is InChI=1S/C18H21N3/c1-19-17(13-18-20-9-10-21(18)2)12-14-7-8-15-5-3-4-6-16(15)11-14/h3-11,17,19H,12-13H2,1-2H3. The van der Waals surface area contributed by atoms with E-state index in [1.54, 1.807) is 0 Å². The Morgan fingerprint density at radius 1 is 1.10 bits per heavy atom. The number of fused-ring (bicyclic) bond motifs is 1. The van der Waals surface area contributed by atoms with Crippen LogP contribution in [0.5, 0.6) is 0 Å². The molecule has 3 rings (SSSR count). The van der Waals surface area contributed by atoms with Gasteiger partial charge in [-0.1, -0.05) is 42.5 Å². The van der Waals surface area contributed by atoms with Crippen LogP contribution >= 0.6 is 0 Å². The van der Waals surface area contributed by atoms with E-state index in [-0.39, 0.29) is 0 Å². The number of nitrogens with one attached hydrogen (secondary N) is 1. The van der Waals surface area contributed by atoms with E-state index in [4.69, 9.17) is 0 Å². The van der Waals surface area contributed by atoms with Crippen molar-refractivity contribution in [2.45, 2.75) is 18.9 Å². The van der Waals surface area contributed by atoms with Crippen molar-refractivity contribution in [1.29, 1.82) is 0 Å². The Hall–Kier alpha value is -2.13. The van der Waals surface area contributed by atoms with E-state index in [0.717, 1.165) is 18.7 Å². The van der Waals surface area contributed by atoms with Crippen molar-refractivity contribution < 1.29 is 0 Å². The first kappa shape index (κ1) is 13.8. The van der Waals surface area contributed by atoms with E-state index in [2.05, 4.69) is 57.3 Å². The van der Waals surface area contributed by atoms with E-state index < -0.39 is 0 Å². The monoisotopic (exact) mass is 279 g/mol. The van der Waals surface area contributed by atoms with Crippen LogP contribution in [-0.4, -0.2) is 22.6 Å². The number of benzene rings is 2. The minimum absolute atomic E-state index is 0.396. The van der Waals surface area contributed by atoms with Crippen LogP contribution in [0.25, 0.3) is 10.8 Å². The summed E-state index contributed by atoms with van der Waals surface area (Å²) in [4.78, 5) is 4.42. The summed E-state index contributed by atoms with van der Waals surface area (Å²) in [6.45, 7) is 0. The normalized spacial score (nSPS) is 12.7. The fourth-order valence-electron chi connectivity index (χ4n) is 2.74. The van der Waals surface area contributed by atoms with Gasteiger partial charge in [-0.25, -0.2) is 4.98 Å². The van der Waals surface area contributed by atoms with Crippen LogP contribution in [0.4, 0.5) is 0 Å². The highest BCUT2D eigenvalue weighted by Gasteiger charge is 2.11. The van der Waals surface area contributed by atoms with Crippen LogP contribution in [0.1, 0.15) is 11.4 Å². The lowest BCUT2D eigenvalue weighted by Crippen LogP contribution is -2.30. The van der Waals surface area contributed by atoms with Gasteiger partial charge in [-0.15, -0.1) is 0 Å². The van der Waals surface area contributed by atoms with Crippen molar-refractivity contribution in [3.05, 3.63) is 66.2 Å². The van der Waals surface area contributed by atoms with Gasteiger partial charge >= 0.3 is 0 Å². The van der Waals surface area contributed by atoms with Crippen molar-refractivity contribution >= 4 is 10.8 Å². The molecule has 1 atom stereocenters. The lowest BCUT2D eigenvalue weighted by molar-refractivity contribution is 0.534. The Morgan fingerprint density at radius 3 is 2.62 bits per heavy atom. The maximum atomic E-state index is 4.42. The lowest BCUT2D eigenvalue weighted by atomic mass is 10.00. The van der Waals surface area contributed by atoms with E-state index in [1.807, 2.05) is 26.5 Å². The van der Waals surface area contributed by atoms with Gasteiger partial charge in [0.2, 0.25) is 0 Å². The van der Waals surface area contributed by atoms with Crippen LogP contribution in [0.3, 0.4) is 0 Å². The SMILES string of the molecule is CNC(Cc1ccc2ccccc2c1)Cc1nccn1C. The number of aryl methyl sites for hydroxylation is 1. The highest BCUT2D eigenvalue weighted by Crippen LogP contribution is 2.17. The van der Waals surface area contributed by atoms with Gasteiger partial charge in [0, 0.05) is 31.9 Å². The minimum Gasteiger partial charge on any atom is -0.338 e. The topological polar surface area (TPSA) is 29.9 Å². The molecule has 0 saturated carbocycles. The predicted octanol–water partition coefficient (Wildman–Crippen LogP) is 2.95. The van der Waals surface area contributed by atoms with Gasteiger partial charge in [0.1, 0.15) is 5.82 Å². The van der Waals surface area contributed by atoms with Crippen LogP contribution in [0.2, 0.25) is 0 Å². The Morgan fingerprint density at radius 2 is 1.90 bits per heavy atom. The first-order chi connectivity index (χ1) is 10.3. The number of rotatable bonds is 5. The molecule has 1 unspecified atom stereocenters. The molecule has 1 heterocycles. The molecule has 0 bridgehead atoms. The first-order valence-electron chi connectivity index (χ1n) is 7.37. The summed E-state index contributed by atoms with van der Waals surface area (Å²) >= 11 is 0. The molecule has 21 heavy (non-hydrogen) atoms. The Balaban J connectivity index is 1.77. The Labute approximate surface area is 125 Å². The Kier molecular flexibility index (Phi) is 4.02. The van der Waals surface area contributed by atoms with Crippen molar-refractivity contribution in [1.82, 2.24) is 14.9 Å². The number of aromatic nitrogens is 2. The summed E-state index contributed by atoms with van der Waals surface area (Å²) in [6.07, 6.45) is 5.80. The second-order valence-corrected chi connectivity index (χ2v) is 5.53. The third kappa shape index (κ3) is 3.14. The van der Waals surface area contributed by atoms with Crippen LogP contribution in [0, 0.1) is 0 Å². The van der Waals surface area contributed by atoms with Crippen molar-refractivity contribution in [3.8, 4) is 0 Å². The first-order valence-corrected chi connectivity index (χ1v) is 7.37. The van der Waals surface area contributed by atoms with Gasteiger partial charge in [0.05, 0.1) is 0 Å². The summed E-state index contributed by atoms with van der Waals surface area (Å²) in [7, 11) is 4.07. The molecule has 0 saturated heterocycles. The van der Waals surface area contributed by atoms with Gasteiger partial charge in [-0.05, 0) is 29.8 Å². The molecule has 0 aliphatic rings. The molecule has 3 nitrogen and oxygen atoms in total. The average molecular weight is 279 g/mol. The fourth-order valence-corrected chi connectivity index (χ4v) is 2.74. The summed E-state index contributed by atoms with van der Waals surface area (Å²) in [5.74, 6) is 1.12. The maximum absolute atomic E-state index is 4.42. The van der Waals surface area contributed by atoms with E-state index in [9.17, 15) is 0 Å². The van der Waals surface area contributed by atoms with E-state index in [0.29, 0.717) is 6.04 Å². The molecule has 108 valence electrons. The number of likely N-dealkylation sites (N-methyl/N-ethyl adjacent to an activating group) is 1. The third-order valence-electron chi connectivity index (χ3n) is 4.05. The second-order valence-electron chi connectivity index (χ2n) is 5.53. The van der Waals surface area contributed by atoms with Gasteiger partial charge in [-0.3, -0.25) is 0 Å². The van der Waals surface area contributed by atoms with Crippen LogP contribution in [0.15, 0.2) is 54.9 Å². The molecule has 2 aromatic carbocycles. The number of nitrogens with zero attached hydrogens (tertiary/aromatic N) is 2. The third-order valence-corrected chi connectivity index (χ3v) is 4.05. The van der Waals surface area contributed by atoms with Crippen molar-refractivity contribution in [3.63, 3.8) is 0 Å². The highest BCUT2D eigenvalue weighted by atomic mass is 15.0. The maximum Gasteiger partial charge on any atom is 0.109 e. The molecule has 0 aliphatic carbocycles. The zero-order valence-corrected chi connectivity index (χ0v) is 12.6. The number of hydrogen-bond acceptors (Lipinski definition) is 2. The lowest BCUT2D eigenvalue weighted by Gasteiger charge is -2.16. The molecule has 0 spiro atoms. The van der Waals surface area contributed by atoms with Gasteiger partial charge in [-0.2, -0.15) is 0 Å². The van der Waals surface area contributed by atoms with Crippen molar-refractivity contribution in [2.24, 2.45) is 7.05 Å². The molecule has 1 aromatic heterocycles. The molecular weight excluding hydrogens is 258 g/mol. The molecule has 1 N–H and O–H groups in total. The van der Waals surface area contributed by atoms with Crippen LogP contribution < -0.4 is 5.32 Å². The summed E-state index contributed by atoms with van der Waals surface area (Å²) in [5, 5.41) is 6.02. The largest absolute Gasteiger partial charge is 0.338 e. The second kappa shape index (κ2) is 6.10. The molecule has 0 radical (unpaired) electrons. The molecule has 3 heteroatoms. The van der Waals surface area contributed by atoms with E-state index in [1.165, 1.54) is 16.3 Å². The number of imidazole rings is 1. The highest BCUT2D eigenvalue weighted by molar-refractivity contribution is 5.82. The van der Waals surface area contributed by atoms with Gasteiger partial charge in [0.25, 0.3) is 0 Å². The zero-order valence-electron chi connectivity index (χ0n) is 12.6. The minimum atomic E-state index is 0.396. The van der Waals surface area contributed by atoms with Gasteiger partial charge < -0.3 is 9.88 Å². The molecular formula is C18H21N3. The van der Waals surface area contributed by atoms with Crippen LogP contribution in [-0.2, 0) is 19.9 Å². The molecule has 0 amide bonds. The molecule has 3 aromatic rings. The van der Waals surface area contributed by atoms with Crippen molar-refractivity contribution in [2.75, 3.05) is 7.05 Å². The molecule has 0 aliphatic heterocycles. The fraction of sp³-hybridized carbons (Fsp3) is 0.278. The average Bonchev–Trinajstić information content (AvgIpc) is 2.91. The quantitative estimate of drug-likeness (QED) is 0.778. The number of hydrogen-bond donors (Lipinski definition) is 1. The predicted molar refractivity (Wildman–Crippen MR) is 87.4 cm³/mol. The van der Waals surface area contributed by atoms with Gasteiger partial charge in [0.15, 0.2) is 0 Å².